The van der Waals surface area contributed by atoms with Crippen molar-refractivity contribution < 1.29 is 36.3 Å². The molecule has 0 unspecified atom stereocenters. The number of esters is 1. The summed E-state index contributed by atoms with van der Waals surface area (Å²) >= 11 is 0. The molecule has 9 heteroatoms. The van der Waals surface area contributed by atoms with Gasteiger partial charge in [-0.25, -0.2) is 13.6 Å². The lowest BCUT2D eigenvalue weighted by molar-refractivity contribution is -0.139. The predicted molar refractivity (Wildman–Crippen MR) is 87.0 cm³/mol. The Labute approximate surface area is 150 Å². The van der Waals surface area contributed by atoms with Crippen LogP contribution in [0.5, 0.6) is 0 Å². The topological polar surface area (TPSA) is 55.4 Å². The highest BCUT2D eigenvalue weighted by Gasteiger charge is 2.36. The SMILES string of the molecule is CCC(=O)c1cc(F)ccc1Nc1c(C(=O)OC)ccc(C(F)(F)F)c1F. The smallest absolute Gasteiger partial charge is 0.419 e. The highest BCUT2D eigenvalue weighted by Crippen LogP contribution is 2.37. The van der Waals surface area contributed by atoms with Crippen LogP contribution in [-0.4, -0.2) is 18.9 Å². The van der Waals surface area contributed by atoms with E-state index in [0.29, 0.717) is 6.07 Å². The van der Waals surface area contributed by atoms with Crippen molar-refractivity contribution in [2.24, 2.45) is 0 Å². The number of halogens is 5. The molecule has 2 rings (SSSR count). The van der Waals surface area contributed by atoms with Gasteiger partial charge in [0.1, 0.15) is 5.82 Å². The van der Waals surface area contributed by atoms with E-state index in [1.807, 2.05) is 0 Å². The second-order valence-corrected chi connectivity index (χ2v) is 5.43. The molecule has 0 saturated heterocycles. The molecule has 0 aromatic heterocycles. The van der Waals surface area contributed by atoms with E-state index in [2.05, 4.69) is 10.1 Å². The number of nitrogens with one attached hydrogen (secondary N) is 1. The first-order chi connectivity index (χ1) is 12.6. The van der Waals surface area contributed by atoms with Crippen LogP contribution >= 0.6 is 0 Å². The van der Waals surface area contributed by atoms with Crippen LogP contribution in [0.25, 0.3) is 0 Å². The minimum absolute atomic E-state index is 0.0208. The third-order valence-corrected chi connectivity index (χ3v) is 3.72. The molecule has 0 radical (unpaired) electrons. The van der Waals surface area contributed by atoms with Gasteiger partial charge in [0.2, 0.25) is 0 Å². The second kappa shape index (κ2) is 7.73. The van der Waals surface area contributed by atoms with Gasteiger partial charge in [-0.3, -0.25) is 4.79 Å². The molecule has 4 nitrogen and oxygen atoms in total. The van der Waals surface area contributed by atoms with Gasteiger partial charge in [-0.2, -0.15) is 13.2 Å². The number of ketones is 1. The Morgan fingerprint density at radius 1 is 1.07 bits per heavy atom. The lowest BCUT2D eigenvalue weighted by Gasteiger charge is -2.17. The Hall–Kier alpha value is -2.97. The van der Waals surface area contributed by atoms with E-state index < -0.39 is 46.4 Å². The van der Waals surface area contributed by atoms with Gasteiger partial charge in [-0.1, -0.05) is 6.92 Å². The van der Waals surface area contributed by atoms with E-state index in [1.165, 1.54) is 6.92 Å². The molecule has 2 aromatic carbocycles. The maximum Gasteiger partial charge on any atom is 0.419 e. The summed E-state index contributed by atoms with van der Waals surface area (Å²) in [7, 11) is 0.978. The average molecular weight is 387 g/mol. The van der Waals surface area contributed by atoms with Crippen molar-refractivity contribution in [1.82, 2.24) is 0 Å². The average Bonchev–Trinajstić information content (AvgIpc) is 2.62. The monoisotopic (exact) mass is 387 g/mol. The molecule has 27 heavy (non-hydrogen) atoms. The third-order valence-electron chi connectivity index (χ3n) is 3.72. The van der Waals surface area contributed by atoms with Crippen LogP contribution in [0.2, 0.25) is 0 Å². The number of anilines is 2. The fraction of sp³-hybridized carbons (Fsp3) is 0.222. The summed E-state index contributed by atoms with van der Waals surface area (Å²) in [5.74, 6) is -4.11. The van der Waals surface area contributed by atoms with Gasteiger partial charge in [0.15, 0.2) is 11.6 Å². The summed E-state index contributed by atoms with van der Waals surface area (Å²) in [4.78, 5) is 23.8. The molecule has 1 N–H and O–H groups in total. The Bertz CT molecular complexity index is 893. The molecular weight excluding hydrogens is 373 g/mol. The summed E-state index contributed by atoms with van der Waals surface area (Å²) in [6.07, 6.45) is -5.03. The lowest BCUT2D eigenvalue weighted by Crippen LogP contribution is -2.15. The number of benzene rings is 2. The highest BCUT2D eigenvalue weighted by atomic mass is 19.4. The Morgan fingerprint density at radius 2 is 1.74 bits per heavy atom. The summed E-state index contributed by atoms with van der Waals surface area (Å²) in [6.45, 7) is 1.50. The molecule has 0 spiro atoms. The van der Waals surface area contributed by atoms with Gasteiger partial charge in [0.25, 0.3) is 0 Å². The van der Waals surface area contributed by atoms with Crippen LogP contribution in [0, 0.1) is 11.6 Å². The molecule has 2 aromatic rings. The zero-order chi connectivity index (χ0) is 20.4. The minimum atomic E-state index is -5.01. The number of carbonyl (C=O) groups is 2. The quantitative estimate of drug-likeness (QED) is 0.440. The number of alkyl halides is 3. The van der Waals surface area contributed by atoms with Crippen molar-refractivity contribution >= 4 is 23.1 Å². The van der Waals surface area contributed by atoms with E-state index in [4.69, 9.17) is 0 Å². The van der Waals surface area contributed by atoms with E-state index in [0.717, 1.165) is 31.4 Å². The molecule has 0 aliphatic rings. The van der Waals surface area contributed by atoms with Crippen LogP contribution in [-0.2, 0) is 10.9 Å². The molecule has 0 aliphatic heterocycles. The number of Topliss-reactive ketones (excluding diaryl/α,β-unsaturated/α-hetero) is 1. The van der Waals surface area contributed by atoms with Gasteiger partial charge >= 0.3 is 12.1 Å². The lowest BCUT2D eigenvalue weighted by atomic mass is 10.0. The number of hydrogen-bond donors (Lipinski definition) is 1. The molecule has 0 fully saturated rings. The molecule has 0 atom stereocenters. The fourth-order valence-corrected chi connectivity index (χ4v) is 2.38. The maximum absolute atomic E-state index is 14.6. The van der Waals surface area contributed by atoms with Crippen LogP contribution in [0.4, 0.5) is 33.3 Å². The number of carbonyl (C=O) groups excluding carboxylic acids is 2. The molecular formula is C18H14F5NO3. The zero-order valence-electron chi connectivity index (χ0n) is 14.2. The maximum atomic E-state index is 14.6. The molecule has 0 bridgehead atoms. The van der Waals surface area contributed by atoms with Gasteiger partial charge < -0.3 is 10.1 Å². The van der Waals surface area contributed by atoms with E-state index in [9.17, 15) is 31.5 Å². The number of rotatable bonds is 5. The van der Waals surface area contributed by atoms with Crippen molar-refractivity contribution in [3.05, 3.63) is 58.7 Å². The molecule has 144 valence electrons. The second-order valence-electron chi connectivity index (χ2n) is 5.43. The first-order valence-corrected chi connectivity index (χ1v) is 7.67. The summed E-state index contributed by atoms with van der Waals surface area (Å²) in [5.41, 5.74) is -3.28. The van der Waals surface area contributed by atoms with Crippen LogP contribution in [0.3, 0.4) is 0 Å². The minimum Gasteiger partial charge on any atom is -0.465 e. The Morgan fingerprint density at radius 3 is 2.30 bits per heavy atom. The van der Waals surface area contributed by atoms with Crippen LogP contribution in [0.1, 0.15) is 39.6 Å². The molecule has 0 amide bonds. The summed E-state index contributed by atoms with van der Waals surface area (Å²) in [6, 6.07) is 4.05. The predicted octanol–water partition coefficient (Wildman–Crippen LogP) is 5.11. The van der Waals surface area contributed by atoms with Crippen LogP contribution in [0.15, 0.2) is 30.3 Å². The van der Waals surface area contributed by atoms with E-state index >= 15 is 0 Å². The first-order valence-electron chi connectivity index (χ1n) is 7.67. The van der Waals surface area contributed by atoms with Crippen molar-refractivity contribution in [3.8, 4) is 0 Å². The highest BCUT2D eigenvalue weighted by molar-refractivity contribution is 6.03. The van der Waals surface area contributed by atoms with Crippen molar-refractivity contribution in [3.63, 3.8) is 0 Å². The number of ether oxygens (including phenoxy) is 1. The molecule has 0 aliphatic carbocycles. The Kier molecular flexibility index (Phi) is 5.82. The largest absolute Gasteiger partial charge is 0.465 e. The third kappa shape index (κ3) is 4.24. The van der Waals surface area contributed by atoms with Crippen molar-refractivity contribution in [2.45, 2.75) is 19.5 Å². The first kappa shape index (κ1) is 20.3. The summed E-state index contributed by atoms with van der Waals surface area (Å²) in [5, 5.41) is 2.32. The van der Waals surface area contributed by atoms with Gasteiger partial charge in [0.05, 0.1) is 23.9 Å². The van der Waals surface area contributed by atoms with E-state index in [-0.39, 0.29) is 17.7 Å². The van der Waals surface area contributed by atoms with Gasteiger partial charge in [0, 0.05) is 17.7 Å². The van der Waals surface area contributed by atoms with Crippen molar-refractivity contribution in [2.75, 3.05) is 12.4 Å². The molecule has 0 saturated carbocycles. The number of methoxy groups -OCH3 is 1. The van der Waals surface area contributed by atoms with Crippen molar-refractivity contribution in [1.29, 1.82) is 0 Å². The van der Waals surface area contributed by atoms with E-state index in [1.54, 1.807) is 0 Å². The normalized spacial score (nSPS) is 11.2. The summed E-state index contributed by atoms with van der Waals surface area (Å²) < 4.78 is 71.5. The molecule has 0 heterocycles. The van der Waals surface area contributed by atoms with Gasteiger partial charge in [-0.15, -0.1) is 0 Å². The van der Waals surface area contributed by atoms with Gasteiger partial charge in [-0.05, 0) is 30.3 Å². The van der Waals surface area contributed by atoms with Crippen LogP contribution < -0.4 is 5.32 Å². The zero-order valence-corrected chi connectivity index (χ0v) is 14.2. The number of hydrogen-bond acceptors (Lipinski definition) is 4. The standard InChI is InChI=1S/C18H14F5NO3/c1-3-14(25)11-8-9(19)4-7-13(11)24-16-10(17(26)27-2)5-6-12(15(16)20)18(21,22)23/h4-8,24H,3H2,1-2H3. The fourth-order valence-electron chi connectivity index (χ4n) is 2.38. The Balaban J connectivity index is 2.68.